The van der Waals surface area contributed by atoms with Crippen molar-refractivity contribution in [1.29, 1.82) is 0 Å². The Balaban J connectivity index is 0.985. The smallest absolute Gasteiger partial charge is 0.305 e. The molecule has 16 heteroatoms. The minimum absolute atomic E-state index is 0.0571. The number of fused-ring (bicyclic) bond motifs is 6. The molecule has 1 aromatic carbocycles. The van der Waals surface area contributed by atoms with E-state index >= 15 is 0 Å². The van der Waals surface area contributed by atoms with Gasteiger partial charge in [0, 0.05) is 31.6 Å². The number of nitrogens with one attached hydrogen (secondary N) is 3. The zero-order chi connectivity index (χ0) is 39.2. The number of benzene rings is 1. The highest BCUT2D eigenvalue weighted by Gasteiger charge is 2.60. The van der Waals surface area contributed by atoms with Crippen molar-refractivity contribution in [2.75, 3.05) is 44.8 Å². The monoisotopic (exact) mass is 769 g/mol. The molecule has 0 radical (unpaired) electrons. The van der Waals surface area contributed by atoms with Gasteiger partial charge < -0.3 is 36.3 Å². The fourth-order valence-corrected chi connectivity index (χ4v) is 11.2. The number of hydrogen-bond acceptors (Lipinski definition) is 12. The second-order valence-corrected chi connectivity index (χ2v) is 16.9. The van der Waals surface area contributed by atoms with Crippen LogP contribution in [0.25, 0.3) is 11.0 Å². The van der Waals surface area contributed by atoms with Crippen LogP contribution in [0, 0.1) is 50.5 Å². The summed E-state index contributed by atoms with van der Waals surface area (Å²) in [4.78, 5) is 48.8. The molecule has 55 heavy (non-hydrogen) atoms. The number of nitrogens with two attached hydrogens (primary N) is 1. The summed E-state index contributed by atoms with van der Waals surface area (Å²) in [5.74, 6) is 1.70. The van der Waals surface area contributed by atoms with E-state index in [2.05, 4.69) is 40.1 Å². The molecule has 4 fully saturated rings. The average molecular weight is 770 g/mol. The second kappa shape index (κ2) is 17.9. The molecule has 0 bridgehead atoms. The minimum Gasteiger partial charge on any atom is -0.481 e. The lowest BCUT2D eigenvalue weighted by Gasteiger charge is -2.61. The van der Waals surface area contributed by atoms with Gasteiger partial charge in [0.2, 0.25) is 17.3 Å². The molecule has 4 aliphatic rings. The van der Waals surface area contributed by atoms with E-state index in [4.69, 9.17) is 19.8 Å². The Morgan fingerprint density at radius 2 is 1.75 bits per heavy atom. The van der Waals surface area contributed by atoms with E-state index in [-0.39, 0.29) is 39.8 Å². The van der Waals surface area contributed by atoms with Crippen LogP contribution in [0.15, 0.2) is 16.8 Å². The number of nitro groups is 1. The summed E-state index contributed by atoms with van der Waals surface area (Å²) in [5, 5.41) is 37.6. The number of aliphatic carboxylic acids is 1. The van der Waals surface area contributed by atoms with Crippen molar-refractivity contribution in [1.82, 2.24) is 20.9 Å². The van der Waals surface area contributed by atoms with E-state index in [9.17, 15) is 29.6 Å². The number of rotatable bonds is 19. The fraction of sp³-hybridized carbons (Fsp3) is 0.769. The summed E-state index contributed by atoms with van der Waals surface area (Å²) in [6.07, 6.45) is 12.1. The first-order chi connectivity index (χ1) is 26.4. The summed E-state index contributed by atoms with van der Waals surface area (Å²) in [6.45, 7) is 8.02. The van der Waals surface area contributed by atoms with Gasteiger partial charge in [0.25, 0.3) is 0 Å². The van der Waals surface area contributed by atoms with Crippen molar-refractivity contribution in [3.8, 4) is 0 Å². The zero-order valence-corrected chi connectivity index (χ0v) is 32.3. The molecule has 2 amide bonds. The van der Waals surface area contributed by atoms with E-state index in [0.717, 1.165) is 38.5 Å². The van der Waals surface area contributed by atoms with Crippen LogP contribution in [0.4, 0.5) is 11.4 Å². The normalized spacial score (nSPS) is 30.5. The topological polar surface area (TPSA) is 234 Å². The summed E-state index contributed by atoms with van der Waals surface area (Å²) in [5.41, 5.74) is 5.83. The Kier molecular flexibility index (Phi) is 13.3. The van der Waals surface area contributed by atoms with Gasteiger partial charge in [0.1, 0.15) is 6.04 Å². The third kappa shape index (κ3) is 9.07. The quantitative estimate of drug-likeness (QED) is 0.0734. The molecule has 16 nitrogen and oxygen atoms in total. The minimum atomic E-state index is -1.15. The molecule has 4 saturated carbocycles. The number of nitrogens with zero attached hydrogens (tertiary/aromatic N) is 3. The Morgan fingerprint density at radius 1 is 1.00 bits per heavy atom. The van der Waals surface area contributed by atoms with E-state index in [1.807, 2.05) is 0 Å². The largest absolute Gasteiger partial charge is 0.481 e. The molecule has 6 rings (SSSR count). The van der Waals surface area contributed by atoms with Crippen molar-refractivity contribution in [3.05, 3.63) is 22.2 Å². The van der Waals surface area contributed by atoms with Crippen LogP contribution in [-0.2, 0) is 23.9 Å². The lowest BCUT2D eigenvalue weighted by Crippen LogP contribution is -2.56. The second-order valence-electron chi connectivity index (χ2n) is 16.9. The van der Waals surface area contributed by atoms with Crippen molar-refractivity contribution in [2.24, 2.45) is 46.2 Å². The Labute approximate surface area is 321 Å². The molecule has 6 N–H and O–H groups in total. The molecule has 4 unspecified atom stereocenters. The van der Waals surface area contributed by atoms with Gasteiger partial charge in [-0.1, -0.05) is 13.8 Å². The third-order valence-corrected chi connectivity index (χ3v) is 14.0. The van der Waals surface area contributed by atoms with Crippen LogP contribution in [-0.4, -0.2) is 89.7 Å². The van der Waals surface area contributed by atoms with Crippen LogP contribution in [0.3, 0.4) is 0 Å². The van der Waals surface area contributed by atoms with Crippen molar-refractivity contribution < 1.29 is 38.5 Å². The van der Waals surface area contributed by atoms with Gasteiger partial charge in [-0.05, 0) is 127 Å². The molecule has 4 aliphatic carbocycles. The van der Waals surface area contributed by atoms with Crippen LogP contribution in [0.2, 0.25) is 0 Å². The maximum absolute atomic E-state index is 13.6. The van der Waals surface area contributed by atoms with Gasteiger partial charge in [-0.2, -0.15) is 0 Å². The van der Waals surface area contributed by atoms with Gasteiger partial charge in [-0.25, -0.2) is 4.63 Å². The van der Waals surface area contributed by atoms with Gasteiger partial charge >= 0.3 is 11.7 Å². The maximum Gasteiger partial charge on any atom is 0.305 e. The Hall–Kier alpha value is -3.89. The first kappa shape index (κ1) is 40.8. The van der Waals surface area contributed by atoms with Crippen molar-refractivity contribution in [3.63, 3.8) is 0 Å². The first-order valence-corrected chi connectivity index (χ1v) is 20.2. The first-order valence-electron chi connectivity index (χ1n) is 20.2. The zero-order valence-electron chi connectivity index (χ0n) is 32.3. The molecule has 2 aromatic rings. The molecule has 9 atom stereocenters. The summed E-state index contributed by atoms with van der Waals surface area (Å²) >= 11 is 0. The van der Waals surface area contributed by atoms with Gasteiger partial charge in [0.05, 0.1) is 43.5 Å². The molecule has 0 saturated heterocycles. The Bertz CT molecular complexity index is 1670. The standard InChI is InChI=1S/C39H59N7O9/c1-38-15-13-29-27(28(38)9-7-24(38)4-3-5-33(47)41-17-19-54-21-20-53-18-16-40)8-6-25-22-26(12-14-39(25,29)2)42-37(50)31(23-34(48)49)43-30-10-11-32(46(51)52)36-35(30)44-55-45-36/h10-11,24-29,31,43H,3-9,12-23,40H2,1-2H3,(H,41,47)(H,42,50)(H,48,49)/t24?,25-,26-,27?,28?,29?,31+,38-,39+/m1/s1. The van der Waals surface area contributed by atoms with Crippen LogP contribution in [0.1, 0.15) is 97.3 Å². The number of carboxylic acid groups (broad SMARTS) is 1. The number of non-ortho nitro benzene ring substituents is 1. The highest BCUT2D eigenvalue weighted by atomic mass is 16.6. The number of carbonyl (C=O) groups excluding carboxylic acids is 2. The summed E-state index contributed by atoms with van der Waals surface area (Å²) in [7, 11) is 0. The van der Waals surface area contributed by atoms with E-state index in [0.29, 0.717) is 80.9 Å². The molecule has 1 heterocycles. The highest BCUT2D eigenvalue weighted by molar-refractivity contribution is 5.96. The third-order valence-electron chi connectivity index (χ3n) is 14.0. The summed E-state index contributed by atoms with van der Waals surface area (Å²) in [6, 6.07) is 1.43. The van der Waals surface area contributed by atoms with Gasteiger partial charge in [-0.3, -0.25) is 24.5 Å². The van der Waals surface area contributed by atoms with Gasteiger partial charge in [0.15, 0.2) is 5.52 Å². The van der Waals surface area contributed by atoms with E-state index < -0.39 is 29.3 Å². The summed E-state index contributed by atoms with van der Waals surface area (Å²) < 4.78 is 15.5. The van der Waals surface area contributed by atoms with Crippen LogP contribution in [0.5, 0.6) is 0 Å². The number of hydrogen-bond donors (Lipinski definition) is 5. The Morgan fingerprint density at radius 3 is 2.51 bits per heavy atom. The number of carboxylic acids is 1. The molecule has 1 aromatic heterocycles. The number of carbonyl (C=O) groups is 3. The van der Waals surface area contributed by atoms with Crippen molar-refractivity contribution in [2.45, 2.75) is 109 Å². The number of aromatic nitrogens is 2. The van der Waals surface area contributed by atoms with Gasteiger partial charge in [-0.15, -0.1) is 0 Å². The molecule has 304 valence electrons. The number of nitro benzene ring substituents is 1. The van der Waals surface area contributed by atoms with Crippen molar-refractivity contribution >= 4 is 40.2 Å². The fourth-order valence-electron chi connectivity index (χ4n) is 11.2. The molecular formula is C39H59N7O9. The SMILES string of the molecule is C[C@]12CCC3C(CC[C@@H]4C[C@H](NC(=O)[C@H](CC(=O)O)Nc5ccc([N+](=O)[O-])c6nonc56)CC[C@]34C)C1CCC2CCCC(=O)NCCOCCOCCN. The highest BCUT2D eigenvalue weighted by Crippen LogP contribution is 2.68. The lowest BCUT2D eigenvalue weighted by atomic mass is 9.44. The number of anilines is 1. The average Bonchev–Trinajstić information content (AvgIpc) is 3.77. The molecule has 0 spiro atoms. The molecule has 0 aliphatic heterocycles. The van der Waals surface area contributed by atoms with E-state index in [1.165, 1.54) is 44.2 Å². The predicted octanol–water partition coefficient (Wildman–Crippen LogP) is 4.81. The predicted molar refractivity (Wildman–Crippen MR) is 203 cm³/mol. The maximum atomic E-state index is 13.6. The number of ether oxygens (including phenoxy) is 2. The van der Waals surface area contributed by atoms with E-state index in [1.54, 1.807) is 0 Å². The van der Waals surface area contributed by atoms with Crippen LogP contribution >= 0.6 is 0 Å². The molecular weight excluding hydrogens is 710 g/mol. The number of amides is 2. The lowest BCUT2D eigenvalue weighted by molar-refractivity contribution is -0.383. The van der Waals surface area contributed by atoms with Crippen LogP contribution < -0.4 is 21.7 Å².